The third-order valence-corrected chi connectivity index (χ3v) is 4.71. The van der Waals surface area contributed by atoms with Crippen molar-refractivity contribution in [3.63, 3.8) is 0 Å². The van der Waals surface area contributed by atoms with E-state index < -0.39 is 0 Å². The maximum absolute atomic E-state index is 12.9. The zero-order chi connectivity index (χ0) is 20.6. The minimum atomic E-state index is -0.170. The number of halogens is 1. The van der Waals surface area contributed by atoms with Gasteiger partial charge in [0.05, 0.1) is 12.8 Å². The number of hydrogen-bond acceptors (Lipinski definition) is 3. The summed E-state index contributed by atoms with van der Waals surface area (Å²) in [6.07, 6.45) is 4.78. The predicted molar refractivity (Wildman–Crippen MR) is 113 cm³/mol. The molecule has 3 aromatic rings. The van der Waals surface area contributed by atoms with E-state index in [-0.39, 0.29) is 11.8 Å². The third kappa shape index (κ3) is 5.59. The van der Waals surface area contributed by atoms with E-state index in [9.17, 15) is 9.59 Å². The largest absolute Gasteiger partial charge is 0.467 e. The number of rotatable bonds is 7. The molecule has 0 radical (unpaired) electrons. The van der Waals surface area contributed by atoms with Crippen LogP contribution in [0.25, 0.3) is 6.08 Å². The van der Waals surface area contributed by atoms with E-state index in [2.05, 4.69) is 5.32 Å². The minimum Gasteiger partial charge on any atom is -0.467 e. The van der Waals surface area contributed by atoms with Crippen LogP contribution in [0.15, 0.2) is 77.4 Å². The van der Waals surface area contributed by atoms with Crippen molar-refractivity contribution in [3.05, 3.63) is 100 Å². The average molecular weight is 409 g/mol. The first-order valence-corrected chi connectivity index (χ1v) is 9.49. The van der Waals surface area contributed by atoms with Gasteiger partial charge < -0.3 is 14.6 Å². The third-order valence-electron chi connectivity index (χ3n) is 4.37. The maximum atomic E-state index is 12.9. The number of carbonyl (C=O) groups is 2. The van der Waals surface area contributed by atoms with Gasteiger partial charge in [-0.1, -0.05) is 41.9 Å². The van der Waals surface area contributed by atoms with Crippen LogP contribution in [0.4, 0.5) is 0 Å². The number of furan rings is 1. The van der Waals surface area contributed by atoms with Gasteiger partial charge in [-0.05, 0) is 47.5 Å². The molecule has 0 saturated heterocycles. The van der Waals surface area contributed by atoms with Crippen molar-refractivity contribution in [2.24, 2.45) is 0 Å². The van der Waals surface area contributed by atoms with Gasteiger partial charge in [0.1, 0.15) is 5.76 Å². The lowest BCUT2D eigenvalue weighted by Gasteiger charge is -2.20. The molecule has 1 N–H and O–H groups in total. The van der Waals surface area contributed by atoms with Gasteiger partial charge in [0.25, 0.3) is 5.91 Å². The monoisotopic (exact) mass is 408 g/mol. The molecule has 0 saturated carbocycles. The Morgan fingerprint density at radius 1 is 1.03 bits per heavy atom. The second-order valence-corrected chi connectivity index (χ2v) is 6.81. The van der Waals surface area contributed by atoms with E-state index in [0.29, 0.717) is 29.4 Å². The van der Waals surface area contributed by atoms with Gasteiger partial charge in [-0.3, -0.25) is 9.59 Å². The van der Waals surface area contributed by atoms with Crippen molar-refractivity contribution in [1.82, 2.24) is 10.2 Å². The summed E-state index contributed by atoms with van der Waals surface area (Å²) in [5, 5.41) is 3.17. The molecule has 0 aliphatic carbocycles. The van der Waals surface area contributed by atoms with E-state index >= 15 is 0 Å². The van der Waals surface area contributed by atoms with Crippen LogP contribution >= 0.6 is 11.6 Å². The molecule has 2 amide bonds. The summed E-state index contributed by atoms with van der Waals surface area (Å²) >= 11 is 6.16. The van der Waals surface area contributed by atoms with Crippen molar-refractivity contribution in [2.45, 2.75) is 13.1 Å². The molecule has 0 bridgehead atoms. The molecule has 5 nitrogen and oxygen atoms in total. The number of benzene rings is 2. The van der Waals surface area contributed by atoms with Gasteiger partial charge in [-0.25, -0.2) is 0 Å². The van der Waals surface area contributed by atoms with Crippen molar-refractivity contribution in [3.8, 4) is 0 Å². The molecular weight excluding hydrogens is 388 g/mol. The van der Waals surface area contributed by atoms with Crippen LogP contribution in [0.1, 0.15) is 27.2 Å². The fourth-order valence-corrected chi connectivity index (χ4v) is 3.00. The summed E-state index contributed by atoms with van der Waals surface area (Å²) < 4.78 is 5.41. The lowest BCUT2D eigenvalue weighted by molar-refractivity contribution is -0.127. The van der Waals surface area contributed by atoms with Crippen LogP contribution < -0.4 is 5.32 Å². The van der Waals surface area contributed by atoms with Crippen LogP contribution in [-0.4, -0.2) is 23.8 Å². The Morgan fingerprint density at radius 2 is 1.79 bits per heavy atom. The highest BCUT2D eigenvalue weighted by Gasteiger charge is 2.14. The number of hydrogen-bond donors (Lipinski definition) is 1. The summed E-state index contributed by atoms with van der Waals surface area (Å²) in [5.41, 5.74) is 2.25. The molecule has 0 fully saturated rings. The van der Waals surface area contributed by atoms with E-state index in [1.54, 1.807) is 48.6 Å². The summed E-state index contributed by atoms with van der Waals surface area (Å²) in [6.45, 7) is 0.705. The molecule has 3 rings (SSSR count). The van der Waals surface area contributed by atoms with Crippen molar-refractivity contribution < 1.29 is 14.0 Å². The zero-order valence-electron chi connectivity index (χ0n) is 16.0. The lowest BCUT2D eigenvalue weighted by atomic mass is 10.1. The van der Waals surface area contributed by atoms with Gasteiger partial charge >= 0.3 is 0 Å². The van der Waals surface area contributed by atoms with Crippen LogP contribution in [0, 0.1) is 0 Å². The topological polar surface area (TPSA) is 62.6 Å². The molecule has 0 atom stereocenters. The van der Waals surface area contributed by atoms with Gasteiger partial charge in [0.2, 0.25) is 5.91 Å². The molecular formula is C23H21ClN2O3. The fraction of sp³-hybridized carbons (Fsp3) is 0.130. The Hall–Kier alpha value is -3.31. The van der Waals surface area contributed by atoms with E-state index in [1.807, 2.05) is 36.4 Å². The molecule has 0 unspecified atom stereocenters. The first-order valence-electron chi connectivity index (χ1n) is 9.11. The molecule has 2 aromatic carbocycles. The smallest absolute Gasteiger partial charge is 0.251 e. The molecule has 0 aliphatic rings. The second kappa shape index (κ2) is 9.75. The van der Waals surface area contributed by atoms with Crippen molar-refractivity contribution in [1.29, 1.82) is 0 Å². The second-order valence-electron chi connectivity index (χ2n) is 6.40. The highest BCUT2D eigenvalue weighted by Crippen LogP contribution is 2.17. The molecule has 29 heavy (non-hydrogen) atoms. The van der Waals surface area contributed by atoms with E-state index in [4.69, 9.17) is 16.0 Å². The van der Waals surface area contributed by atoms with E-state index in [0.717, 1.165) is 11.1 Å². The Morgan fingerprint density at radius 3 is 2.45 bits per heavy atom. The highest BCUT2D eigenvalue weighted by atomic mass is 35.5. The first-order chi connectivity index (χ1) is 14.1. The van der Waals surface area contributed by atoms with Crippen molar-refractivity contribution in [2.75, 3.05) is 7.05 Å². The molecule has 148 valence electrons. The average Bonchev–Trinajstić information content (AvgIpc) is 3.25. The van der Waals surface area contributed by atoms with Crippen LogP contribution in [0.2, 0.25) is 5.02 Å². The van der Waals surface area contributed by atoms with Gasteiger partial charge in [-0.2, -0.15) is 0 Å². The van der Waals surface area contributed by atoms with Gasteiger partial charge in [-0.15, -0.1) is 0 Å². The number of nitrogens with zero attached hydrogens (tertiary/aromatic N) is 1. The van der Waals surface area contributed by atoms with Gasteiger partial charge in [0, 0.05) is 30.3 Å². The Balaban J connectivity index is 1.78. The Kier molecular flexibility index (Phi) is 6.87. The summed E-state index contributed by atoms with van der Waals surface area (Å²) in [6, 6.07) is 18.1. The van der Waals surface area contributed by atoms with Crippen LogP contribution in [0.3, 0.4) is 0 Å². The SMILES string of the molecule is CNC(=O)c1ccc(CN(Cc2ccco2)C(=O)/C=C/c2ccccc2Cl)cc1. The molecule has 6 heteroatoms. The normalized spacial score (nSPS) is 10.8. The quantitative estimate of drug-likeness (QED) is 0.584. The fourth-order valence-electron chi connectivity index (χ4n) is 2.81. The maximum Gasteiger partial charge on any atom is 0.251 e. The standard InChI is InChI=1S/C23H21ClN2O3/c1-25-23(28)19-10-8-17(9-11-19)15-26(16-20-6-4-14-29-20)22(27)13-12-18-5-2-3-7-21(18)24/h2-14H,15-16H2,1H3,(H,25,28)/b13-12+. The Bertz CT molecular complexity index is 995. The molecule has 0 spiro atoms. The van der Waals surface area contributed by atoms with Crippen molar-refractivity contribution >= 4 is 29.5 Å². The molecule has 0 aliphatic heterocycles. The number of nitrogens with one attached hydrogen (secondary N) is 1. The van der Waals surface area contributed by atoms with E-state index in [1.165, 1.54) is 6.08 Å². The summed E-state index contributed by atoms with van der Waals surface area (Å²) in [5.74, 6) is 0.367. The number of carbonyl (C=O) groups excluding carboxylic acids is 2. The molecule has 1 heterocycles. The summed E-state index contributed by atoms with van der Waals surface area (Å²) in [7, 11) is 1.59. The van der Waals surface area contributed by atoms with Crippen LogP contribution in [0.5, 0.6) is 0 Å². The minimum absolute atomic E-state index is 0.150. The Labute approximate surface area is 174 Å². The molecule has 1 aromatic heterocycles. The lowest BCUT2D eigenvalue weighted by Crippen LogP contribution is -2.28. The van der Waals surface area contributed by atoms with Gasteiger partial charge in [0.15, 0.2) is 0 Å². The van der Waals surface area contributed by atoms with Crippen LogP contribution in [-0.2, 0) is 17.9 Å². The highest BCUT2D eigenvalue weighted by molar-refractivity contribution is 6.32. The predicted octanol–water partition coefficient (Wildman–Crippen LogP) is 4.53. The number of amides is 2. The zero-order valence-corrected chi connectivity index (χ0v) is 16.7. The first kappa shape index (κ1) is 20.4. The summed E-state index contributed by atoms with van der Waals surface area (Å²) in [4.78, 5) is 26.2.